The van der Waals surface area contributed by atoms with Gasteiger partial charge in [-0.2, -0.15) is 0 Å². The molecule has 2 heterocycles. The zero-order chi connectivity index (χ0) is 17.1. The maximum absolute atomic E-state index is 12.5. The molecule has 1 aromatic carbocycles. The lowest BCUT2D eigenvalue weighted by Gasteiger charge is -2.22. The molecule has 5 nitrogen and oxygen atoms in total. The second kappa shape index (κ2) is 7.49. The monoisotopic (exact) mass is 392 g/mol. The number of rotatable bonds is 4. The molecular weight excluding hydrogens is 372 g/mol. The number of hydrogen-bond acceptors (Lipinski definition) is 4. The SMILES string of the molecule is Cc1c(C(=O)NCCC2CCCNC2)c(=O)oc2ccc(Br)cc12. The van der Waals surface area contributed by atoms with Gasteiger partial charge in [-0.25, -0.2) is 4.79 Å². The first-order chi connectivity index (χ1) is 11.6. The van der Waals surface area contributed by atoms with E-state index in [4.69, 9.17) is 4.42 Å². The van der Waals surface area contributed by atoms with E-state index in [0.29, 0.717) is 23.6 Å². The molecule has 1 unspecified atom stereocenters. The highest BCUT2D eigenvalue weighted by Crippen LogP contribution is 2.23. The average Bonchev–Trinajstić information content (AvgIpc) is 2.57. The molecule has 1 fully saturated rings. The van der Waals surface area contributed by atoms with Crippen molar-refractivity contribution >= 4 is 32.8 Å². The van der Waals surface area contributed by atoms with Crippen molar-refractivity contribution in [2.45, 2.75) is 26.2 Å². The predicted molar refractivity (Wildman–Crippen MR) is 97.5 cm³/mol. The number of carbonyl (C=O) groups excluding carboxylic acids is 1. The van der Waals surface area contributed by atoms with Gasteiger partial charge in [-0.1, -0.05) is 15.9 Å². The van der Waals surface area contributed by atoms with Gasteiger partial charge in [-0.15, -0.1) is 0 Å². The minimum Gasteiger partial charge on any atom is -0.422 e. The maximum Gasteiger partial charge on any atom is 0.349 e. The number of fused-ring (bicyclic) bond motifs is 1. The van der Waals surface area contributed by atoms with Gasteiger partial charge in [0.05, 0.1) is 0 Å². The van der Waals surface area contributed by atoms with E-state index in [0.717, 1.165) is 29.4 Å². The van der Waals surface area contributed by atoms with Crippen LogP contribution < -0.4 is 16.3 Å². The van der Waals surface area contributed by atoms with Crippen LogP contribution in [0.2, 0.25) is 0 Å². The summed E-state index contributed by atoms with van der Waals surface area (Å²) >= 11 is 3.41. The Morgan fingerprint density at radius 1 is 1.46 bits per heavy atom. The molecule has 1 saturated heterocycles. The molecule has 3 rings (SSSR count). The minimum atomic E-state index is -0.584. The fourth-order valence-corrected chi connectivity index (χ4v) is 3.60. The van der Waals surface area contributed by atoms with Gasteiger partial charge in [0, 0.05) is 16.4 Å². The number of hydrogen-bond donors (Lipinski definition) is 2. The largest absolute Gasteiger partial charge is 0.422 e. The highest BCUT2D eigenvalue weighted by molar-refractivity contribution is 9.10. The van der Waals surface area contributed by atoms with Gasteiger partial charge in [0.2, 0.25) is 0 Å². The van der Waals surface area contributed by atoms with Crippen LogP contribution in [-0.2, 0) is 0 Å². The Morgan fingerprint density at radius 2 is 2.29 bits per heavy atom. The molecule has 2 aromatic rings. The molecule has 0 aliphatic carbocycles. The molecule has 1 aromatic heterocycles. The third-order valence-electron chi connectivity index (χ3n) is 4.59. The van der Waals surface area contributed by atoms with Crippen molar-refractivity contribution in [3.63, 3.8) is 0 Å². The minimum absolute atomic E-state index is 0.0994. The van der Waals surface area contributed by atoms with E-state index in [9.17, 15) is 9.59 Å². The maximum atomic E-state index is 12.5. The molecule has 0 spiro atoms. The van der Waals surface area contributed by atoms with Crippen molar-refractivity contribution in [1.29, 1.82) is 0 Å². The lowest BCUT2D eigenvalue weighted by atomic mass is 9.96. The smallest absolute Gasteiger partial charge is 0.349 e. The van der Waals surface area contributed by atoms with Crippen LogP contribution in [0.3, 0.4) is 0 Å². The molecule has 6 heteroatoms. The molecule has 1 amide bonds. The summed E-state index contributed by atoms with van der Waals surface area (Å²) in [6, 6.07) is 5.40. The number of benzene rings is 1. The fourth-order valence-electron chi connectivity index (χ4n) is 3.23. The van der Waals surface area contributed by atoms with Gasteiger partial charge >= 0.3 is 5.63 Å². The highest BCUT2D eigenvalue weighted by atomic mass is 79.9. The number of amides is 1. The van der Waals surface area contributed by atoms with Crippen molar-refractivity contribution < 1.29 is 9.21 Å². The lowest BCUT2D eigenvalue weighted by molar-refractivity contribution is 0.0946. The Morgan fingerprint density at radius 3 is 3.04 bits per heavy atom. The molecular formula is C18H21BrN2O3. The number of halogens is 1. The molecule has 2 N–H and O–H groups in total. The number of aryl methyl sites for hydroxylation is 1. The van der Waals surface area contributed by atoms with Crippen LogP contribution in [0.15, 0.2) is 31.9 Å². The van der Waals surface area contributed by atoms with Crippen LogP contribution in [0.25, 0.3) is 11.0 Å². The van der Waals surface area contributed by atoms with E-state index < -0.39 is 5.63 Å². The summed E-state index contributed by atoms with van der Waals surface area (Å²) in [5.74, 6) is 0.232. The summed E-state index contributed by atoms with van der Waals surface area (Å²) in [5.41, 5.74) is 0.659. The quantitative estimate of drug-likeness (QED) is 0.784. The summed E-state index contributed by atoms with van der Waals surface area (Å²) in [7, 11) is 0. The Kier molecular flexibility index (Phi) is 5.36. The molecule has 0 saturated carbocycles. The molecule has 0 radical (unpaired) electrons. The van der Waals surface area contributed by atoms with Crippen LogP contribution in [0.5, 0.6) is 0 Å². The molecule has 1 aliphatic heterocycles. The normalized spacial score (nSPS) is 17.8. The van der Waals surface area contributed by atoms with E-state index in [1.54, 1.807) is 13.0 Å². The summed E-state index contributed by atoms with van der Waals surface area (Å²) in [6.07, 6.45) is 3.29. The number of carbonyl (C=O) groups is 1. The summed E-state index contributed by atoms with van der Waals surface area (Å²) < 4.78 is 6.18. The van der Waals surface area contributed by atoms with Crippen LogP contribution in [0.4, 0.5) is 0 Å². The zero-order valence-corrected chi connectivity index (χ0v) is 15.2. The van der Waals surface area contributed by atoms with Crippen molar-refractivity contribution in [2.24, 2.45) is 5.92 Å². The van der Waals surface area contributed by atoms with Crippen molar-refractivity contribution in [3.05, 3.63) is 44.2 Å². The summed E-state index contributed by atoms with van der Waals surface area (Å²) in [5, 5.41) is 7.00. The van der Waals surface area contributed by atoms with Gasteiger partial charge in [-0.05, 0) is 69.0 Å². The van der Waals surface area contributed by atoms with Crippen molar-refractivity contribution in [3.8, 4) is 0 Å². The van der Waals surface area contributed by atoms with Gasteiger partial charge in [0.1, 0.15) is 11.1 Å². The van der Waals surface area contributed by atoms with Gasteiger partial charge in [-0.3, -0.25) is 4.79 Å². The van der Waals surface area contributed by atoms with E-state index in [-0.39, 0.29) is 11.5 Å². The Balaban J connectivity index is 1.75. The van der Waals surface area contributed by atoms with Gasteiger partial charge in [0.15, 0.2) is 0 Å². The zero-order valence-electron chi connectivity index (χ0n) is 13.7. The fraction of sp³-hybridized carbons (Fsp3) is 0.444. The molecule has 1 aliphatic rings. The number of piperidine rings is 1. The van der Waals surface area contributed by atoms with Gasteiger partial charge in [0.25, 0.3) is 5.91 Å². The van der Waals surface area contributed by atoms with E-state index in [1.807, 2.05) is 12.1 Å². The first-order valence-corrected chi connectivity index (χ1v) is 9.07. The van der Waals surface area contributed by atoms with Crippen molar-refractivity contribution in [1.82, 2.24) is 10.6 Å². The van der Waals surface area contributed by atoms with Crippen molar-refractivity contribution in [2.75, 3.05) is 19.6 Å². The lowest BCUT2D eigenvalue weighted by Crippen LogP contribution is -2.34. The topological polar surface area (TPSA) is 71.3 Å². The first kappa shape index (κ1) is 17.2. The molecule has 128 valence electrons. The Labute approximate surface area is 148 Å². The molecule has 1 atom stereocenters. The Hall–Kier alpha value is -1.66. The van der Waals surface area contributed by atoms with Gasteiger partial charge < -0.3 is 15.1 Å². The summed E-state index contributed by atoms with van der Waals surface area (Å²) in [6.45, 7) is 4.43. The Bertz CT molecular complexity index is 810. The summed E-state index contributed by atoms with van der Waals surface area (Å²) in [4.78, 5) is 24.7. The second-order valence-corrected chi connectivity index (χ2v) is 7.20. The van der Waals surface area contributed by atoms with Crippen LogP contribution >= 0.6 is 15.9 Å². The third kappa shape index (κ3) is 3.70. The van der Waals surface area contributed by atoms with Crippen LogP contribution in [0.1, 0.15) is 35.2 Å². The van der Waals surface area contributed by atoms with Crippen LogP contribution in [0, 0.1) is 12.8 Å². The second-order valence-electron chi connectivity index (χ2n) is 6.29. The van der Waals surface area contributed by atoms with E-state index >= 15 is 0 Å². The first-order valence-electron chi connectivity index (χ1n) is 8.28. The van der Waals surface area contributed by atoms with E-state index in [2.05, 4.69) is 26.6 Å². The third-order valence-corrected chi connectivity index (χ3v) is 5.08. The average molecular weight is 393 g/mol. The number of nitrogens with one attached hydrogen (secondary N) is 2. The molecule has 24 heavy (non-hydrogen) atoms. The predicted octanol–water partition coefficient (Wildman–Crippen LogP) is 2.98. The van der Waals surface area contributed by atoms with E-state index in [1.165, 1.54) is 12.8 Å². The highest BCUT2D eigenvalue weighted by Gasteiger charge is 2.19. The molecule has 0 bridgehead atoms. The standard InChI is InChI=1S/C18H21BrN2O3/c1-11-14-9-13(19)4-5-15(14)24-18(23)16(11)17(22)21-8-6-12-3-2-7-20-10-12/h4-5,9,12,20H,2-3,6-8,10H2,1H3,(H,21,22). The van der Waals surface area contributed by atoms with Crippen LogP contribution in [-0.4, -0.2) is 25.5 Å².